The maximum Gasteiger partial charge on any atom is 0.141 e. The average molecular weight is 286 g/mol. The normalized spacial score (nSPS) is 12.4. The van der Waals surface area contributed by atoms with E-state index in [0.717, 1.165) is 16.2 Å². The van der Waals surface area contributed by atoms with E-state index < -0.39 is 5.82 Å². The van der Waals surface area contributed by atoms with Gasteiger partial charge in [0.05, 0.1) is 17.0 Å². The molecular formula is C13H13ClFNOS. The Kier molecular flexibility index (Phi) is 4.22. The van der Waals surface area contributed by atoms with E-state index in [1.807, 2.05) is 11.4 Å². The monoisotopic (exact) mass is 285 g/mol. The molecule has 0 amide bonds. The summed E-state index contributed by atoms with van der Waals surface area (Å²) >= 11 is 7.29. The van der Waals surface area contributed by atoms with Gasteiger partial charge < -0.3 is 10.5 Å². The van der Waals surface area contributed by atoms with Gasteiger partial charge in [-0.05, 0) is 35.6 Å². The van der Waals surface area contributed by atoms with Crippen LogP contribution in [0.25, 0.3) is 0 Å². The minimum absolute atomic E-state index is 0.123. The number of benzene rings is 1. The first kappa shape index (κ1) is 13.3. The first-order chi connectivity index (χ1) is 8.61. The zero-order valence-electron chi connectivity index (χ0n) is 9.82. The van der Waals surface area contributed by atoms with Crippen molar-refractivity contribution in [1.29, 1.82) is 0 Å². The molecule has 1 atom stereocenters. The molecule has 1 aromatic heterocycles. The van der Waals surface area contributed by atoms with Gasteiger partial charge >= 0.3 is 0 Å². The number of nitrogens with two attached hydrogens (primary N) is 1. The average Bonchev–Trinajstić information content (AvgIpc) is 2.82. The van der Waals surface area contributed by atoms with Crippen molar-refractivity contribution in [2.45, 2.75) is 12.5 Å². The fraction of sp³-hybridized carbons (Fsp3) is 0.231. The number of thiophene rings is 1. The molecule has 0 aliphatic carbocycles. The molecule has 1 unspecified atom stereocenters. The second kappa shape index (κ2) is 5.69. The molecular weight excluding hydrogens is 273 g/mol. The van der Waals surface area contributed by atoms with Gasteiger partial charge in [-0.15, -0.1) is 11.3 Å². The molecule has 2 N–H and O–H groups in total. The van der Waals surface area contributed by atoms with Gasteiger partial charge in [-0.1, -0.05) is 17.7 Å². The van der Waals surface area contributed by atoms with E-state index in [2.05, 4.69) is 0 Å². The van der Waals surface area contributed by atoms with Crippen LogP contribution in [0.4, 0.5) is 4.39 Å². The number of hydrogen-bond acceptors (Lipinski definition) is 3. The lowest BCUT2D eigenvalue weighted by Gasteiger charge is -2.12. The van der Waals surface area contributed by atoms with Crippen molar-refractivity contribution in [1.82, 2.24) is 0 Å². The Hall–Kier alpha value is -1.10. The summed E-state index contributed by atoms with van der Waals surface area (Å²) in [5.74, 6) is 0.378. The second-order valence-corrected chi connectivity index (χ2v) is 5.27. The summed E-state index contributed by atoms with van der Waals surface area (Å²) in [6, 6.07) is 6.37. The van der Waals surface area contributed by atoms with Crippen molar-refractivity contribution in [2.75, 3.05) is 7.11 Å². The number of halogens is 2. The molecule has 0 aliphatic rings. The molecule has 0 aliphatic heterocycles. The lowest BCUT2D eigenvalue weighted by atomic mass is 10.1. The fourth-order valence-corrected chi connectivity index (χ4v) is 2.83. The summed E-state index contributed by atoms with van der Waals surface area (Å²) in [7, 11) is 1.62. The van der Waals surface area contributed by atoms with Crippen LogP contribution in [0.15, 0.2) is 29.6 Å². The quantitative estimate of drug-likeness (QED) is 0.927. The Bertz CT molecular complexity index is 544. The van der Waals surface area contributed by atoms with E-state index in [1.165, 1.54) is 6.07 Å². The van der Waals surface area contributed by atoms with E-state index >= 15 is 0 Å². The maximum atomic E-state index is 13.0. The first-order valence-electron chi connectivity index (χ1n) is 5.42. The lowest BCUT2D eigenvalue weighted by Crippen LogP contribution is -2.12. The number of ether oxygens (including phenoxy) is 1. The summed E-state index contributed by atoms with van der Waals surface area (Å²) in [5.41, 5.74) is 7.04. The summed E-state index contributed by atoms with van der Waals surface area (Å²) < 4.78 is 18.3. The van der Waals surface area contributed by atoms with Crippen molar-refractivity contribution >= 4 is 22.9 Å². The standard InChI is InChI=1S/C13H13ClFNOS/c1-17-12-4-5-18-13(12)11(16)7-8-2-3-10(15)9(14)6-8/h2-6,11H,7,16H2,1H3. The number of hydrogen-bond donors (Lipinski definition) is 1. The van der Waals surface area contributed by atoms with Crippen LogP contribution >= 0.6 is 22.9 Å². The second-order valence-electron chi connectivity index (χ2n) is 3.91. The summed E-state index contributed by atoms with van der Waals surface area (Å²) in [6.07, 6.45) is 0.594. The van der Waals surface area contributed by atoms with Crippen molar-refractivity contribution in [3.05, 3.63) is 50.9 Å². The maximum absolute atomic E-state index is 13.0. The van der Waals surface area contributed by atoms with E-state index in [0.29, 0.717) is 6.42 Å². The van der Waals surface area contributed by atoms with E-state index in [1.54, 1.807) is 30.6 Å². The molecule has 2 nitrogen and oxygen atoms in total. The third kappa shape index (κ3) is 2.83. The minimum atomic E-state index is -0.414. The van der Waals surface area contributed by atoms with Gasteiger partial charge in [0.2, 0.25) is 0 Å². The predicted molar refractivity (Wildman–Crippen MR) is 72.9 cm³/mol. The van der Waals surface area contributed by atoms with Crippen LogP contribution in [0.5, 0.6) is 5.75 Å². The number of rotatable bonds is 4. The molecule has 96 valence electrons. The van der Waals surface area contributed by atoms with Crippen LogP contribution in [0.2, 0.25) is 5.02 Å². The van der Waals surface area contributed by atoms with Crippen molar-refractivity contribution in [2.24, 2.45) is 5.73 Å². The van der Waals surface area contributed by atoms with Crippen LogP contribution in [-0.2, 0) is 6.42 Å². The largest absolute Gasteiger partial charge is 0.496 e. The first-order valence-corrected chi connectivity index (χ1v) is 6.68. The van der Waals surface area contributed by atoms with Gasteiger partial charge in [0.15, 0.2) is 0 Å². The van der Waals surface area contributed by atoms with Crippen molar-refractivity contribution in [3.8, 4) is 5.75 Å². The fourth-order valence-electron chi connectivity index (χ4n) is 1.76. The smallest absolute Gasteiger partial charge is 0.141 e. The van der Waals surface area contributed by atoms with Gasteiger partial charge in [0, 0.05) is 6.04 Å². The summed E-state index contributed by atoms with van der Waals surface area (Å²) in [6.45, 7) is 0. The van der Waals surface area contributed by atoms with Crippen LogP contribution in [-0.4, -0.2) is 7.11 Å². The molecule has 0 fully saturated rings. The molecule has 5 heteroatoms. The third-order valence-electron chi connectivity index (χ3n) is 2.65. The van der Waals surface area contributed by atoms with Crippen LogP contribution in [0.3, 0.4) is 0 Å². The van der Waals surface area contributed by atoms with Crippen molar-refractivity contribution in [3.63, 3.8) is 0 Å². The Morgan fingerprint density at radius 3 is 2.89 bits per heavy atom. The molecule has 2 aromatic rings. The minimum Gasteiger partial charge on any atom is -0.496 e. The highest BCUT2D eigenvalue weighted by Gasteiger charge is 2.14. The Balaban J connectivity index is 2.16. The third-order valence-corrected chi connectivity index (χ3v) is 3.97. The van der Waals surface area contributed by atoms with Crippen LogP contribution in [0.1, 0.15) is 16.5 Å². The SMILES string of the molecule is COc1ccsc1C(N)Cc1ccc(F)c(Cl)c1. The Morgan fingerprint density at radius 2 is 2.22 bits per heavy atom. The molecule has 0 spiro atoms. The lowest BCUT2D eigenvalue weighted by molar-refractivity contribution is 0.409. The summed E-state index contributed by atoms with van der Waals surface area (Å²) in [4.78, 5) is 0.984. The molecule has 18 heavy (non-hydrogen) atoms. The highest BCUT2D eigenvalue weighted by atomic mass is 35.5. The van der Waals surface area contributed by atoms with E-state index in [4.69, 9.17) is 22.1 Å². The van der Waals surface area contributed by atoms with Gasteiger partial charge in [0.1, 0.15) is 11.6 Å². The van der Waals surface area contributed by atoms with E-state index in [9.17, 15) is 4.39 Å². The van der Waals surface area contributed by atoms with Crippen LogP contribution in [0, 0.1) is 5.82 Å². The van der Waals surface area contributed by atoms with Crippen LogP contribution < -0.4 is 10.5 Å². The topological polar surface area (TPSA) is 35.2 Å². The van der Waals surface area contributed by atoms with Gasteiger partial charge in [-0.3, -0.25) is 0 Å². The number of methoxy groups -OCH3 is 1. The molecule has 0 radical (unpaired) electrons. The molecule has 2 rings (SSSR count). The zero-order valence-corrected chi connectivity index (χ0v) is 11.4. The van der Waals surface area contributed by atoms with Gasteiger partial charge in [-0.25, -0.2) is 4.39 Å². The molecule has 0 bridgehead atoms. The van der Waals surface area contributed by atoms with Gasteiger partial charge in [0.25, 0.3) is 0 Å². The predicted octanol–water partition coefficient (Wildman–Crippen LogP) is 3.79. The molecule has 0 saturated carbocycles. The highest BCUT2D eigenvalue weighted by Crippen LogP contribution is 2.31. The van der Waals surface area contributed by atoms with Crippen molar-refractivity contribution < 1.29 is 9.13 Å². The highest BCUT2D eigenvalue weighted by molar-refractivity contribution is 7.10. The van der Waals surface area contributed by atoms with Gasteiger partial charge in [-0.2, -0.15) is 0 Å². The molecule has 0 saturated heterocycles. The molecule has 1 aromatic carbocycles. The summed E-state index contributed by atoms with van der Waals surface area (Å²) in [5, 5.41) is 2.06. The Morgan fingerprint density at radius 1 is 1.44 bits per heavy atom. The Labute approximate surface area is 114 Å². The molecule has 1 heterocycles. The van der Waals surface area contributed by atoms with E-state index in [-0.39, 0.29) is 11.1 Å². The zero-order chi connectivity index (χ0) is 13.1.